The van der Waals surface area contributed by atoms with Crippen LogP contribution >= 0.6 is 0 Å². The van der Waals surface area contributed by atoms with E-state index in [4.69, 9.17) is 4.74 Å². The predicted octanol–water partition coefficient (Wildman–Crippen LogP) is 2.98. The first-order valence-electron chi connectivity index (χ1n) is 9.44. The summed E-state index contributed by atoms with van der Waals surface area (Å²) in [6.45, 7) is 4.73. The first-order valence-corrected chi connectivity index (χ1v) is 9.44. The fraction of sp³-hybridized carbons (Fsp3) is 0.409. The monoisotopic (exact) mass is 350 g/mol. The zero-order valence-electron chi connectivity index (χ0n) is 15.1. The summed E-state index contributed by atoms with van der Waals surface area (Å²) in [6, 6.07) is 20.6. The minimum atomic E-state index is 0.0404. The molecule has 26 heavy (non-hydrogen) atoms. The molecule has 4 rings (SSSR count). The van der Waals surface area contributed by atoms with E-state index in [-0.39, 0.29) is 17.9 Å². The Morgan fingerprint density at radius 2 is 1.69 bits per heavy atom. The van der Waals surface area contributed by atoms with E-state index in [1.54, 1.807) is 0 Å². The summed E-state index contributed by atoms with van der Waals surface area (Å²) in [5, 5.41) is 0. The first-order chi connectivity index (χ1) is 12.7. The SMILES string of the molecule is O=C1COCC2(CCN(CCc3ccccc3)C2)CN1c1ccccc1. The fourth-order valence-corrected chi connectivity index (χ4v) is 4.14. The number of carbonyl (C=O) groups is 1. The summed E-state index contributed by atoms with van der Waals surface area (Å²) in [6.07, 6.45) is 2.15. The van der Waals surface area contributed by atoms with Crippen molar-refractivity contribution in [3.63, 3.8) is 0 Å². The van der Waals surface area contributed by atoms with Crippen LogP contribution in [0.2, 0.25) is 0 Å². The maximum absolute atomic E-state index is 12.5. The van der Waals surface area contributed by atoms with Crippen LogP contribution in [0.4, 0.5) is 5.69 Å². The molecule has 2 heterocycles. The molecule has 0 bridgehead atoms. The number of hydrogen-bond donors (Lipinski definition) is 0. The van der Waals surface area contributed by atoms with Gasteiger partial charge in [-0.2, -0.15) is 0 Å². The van der Waals surface area contributed by atoms with Gasteiger partial charge in [0.2, 0.25) is 0 Å². The molecule has 0 aliphatic carbocycles. The normalized spacial score (nSPS) is 24.2. The number of carbonyl (C=O) groups excluding carboxylic acids is 1. The van der Waals surface area contributed by atoms with Gasteiger partial charge >= 0.3 is 0 Å². The lowest BCUT2D eigenvalue weighted by atomic mass is 9.87. The maximum Gasteiger partial charge on any atom is 0.252 e. The quantitative estimate of drug-likeness (QED) is 0.850. The summed E-state index contributed by atoms with van der Waals surface area (Å²) in [4.78, 5) is 17.0. The third-order valence-corrected chi connectivity index (χ3v) is 5.57. The molecule has 136 valence electrons. The van der Waals surface area contributed by atoms with Crippen molar-refractivity contribution in [3.05, 3.63) is 66.2 Å². The second-order valence-electron chi connectivity index (χ2n) is 7.57. The van der Waals surface area contributed by atoms with Crippen molar-refractivity contribution in [2.24, 2.45) is 5.41 Å². The minimum Gasteiger partial charge on any atom is -0.371 e. The van der Waals surface area contributed by atoms with Crippen LogP contribution in [0.3, 0.4) is 0 Å². The third-order valence-electron chi connectivity index (χ3n) is 5.57. The summed E-state index contributed by atoms with van der Waals surface area (Å²) in [5.74, 6) is 0.0656. The van der Waals surface area contributed by atoms with Gasteiger partial charge in [0.25, 0.3) is 5.91 Å². The standard InChI is InChI=1S/C22H26N2O2/c25-21-15-26-18-22(17-24(21)20-9-5-2-6-10-20)12-14-23(16-22)13-11-19-7-3-1-4-8-19/h1-10H,11-18H2. The lowest BCUT2D eigenvalue weighted by Crippen LogP contribution is -2.43. The second kappa shape index (κ2) is 7.60. The Labute approximate surface area is 155 Å². The Morgan fingerprint density at radius 3 is 2.46 bits per heavy atom. The minimum absolute atomic E-state index is 0.0404. The van der Waals surface area contributed by atoms with Crippen molar-refractivity contribution >= 4 is 11.6 Å². The van der Waals surface area contributed by atoms with E-state index in [9.17, 15) is 4.79 Å². The molecule has 0 N–H and O–H groups in total. The summed E-state index contributed by atoms with van der Waals surface area (Å²) in [7, 11) is 0. The molecular formula is C22H26N2O2. The van der Waals surface area contributed by atoms with Gasteiger partial charge in [-0.3, -0.25) is 4.79 Å². The Kier molecular flexibility index (Phi) is 5.05. The van der Waals surface area contributed by atoms with Crippen molar-refractivity contribution in [2.75, 3.05) is 44.3 Å². The number of likely N-dealkylation sites (tertiary alicyclic amines) is 1. The van der Waals surface area contributed by atoms with Gasteiger partial charge in [0.15, 0.2) is 0 Å². The lowest BCUT2D eigenvalue weighted by Gasteiger charge is -2.32. The van der Waals surface area contributed by atoms with Crippen molar-refractivity contribution in [3.8, 4) is 0 Å². The van der Waals surface area contributed by atoms with E-state index in [1.165, 1.54) is 5.56 Å². The van der Waals surface area contributed by atoms with E-state index >= 15 is 0 Å². The van der Waals surface area contributed by atoms with Crippen LogP contribution < -0.4 is 4.90 Å². The molecule has 1 atom stereocenters. The average Bonchev–Trinajstić information content (AvgIpc) is 3.01. The highest BCUT2D eigenvalue weighted by Crippen LogP contribution is 2.35. The molecule has 0 radical (unpaired) electrons. The second-order valence-corrected chi connectivity index (χ2v) is 7.57. The number of para-hydroxylation sites is 1. The van der Waals surface area contributed by atoms with Crippen molar-refractivity contribution in [1.29, 1.82) is 0 Å². The zero-order valence-corrected chi connectivity index (χ0v) is 15.1. The van der Waals surface area contributed by atoms with E-state index in [2.05, 4.69) is 35.2 Å². The van der Waals surface area contributed by atoms with Gasteiger partial charge in [-0.15, -0.1) is 0 Å². The Morgan fingerprint density at radius 1 is 0.962 bits per heavy atom. The Hall–Kier alpha value is -2.17. The Balaban J connectivity index is 1.43. The molecule has 2 aliphatic heterocycles. The number of amides is 1. The van der Waals surface area contributed by atoms with Gasteiger partial charge in [-0.25, -0.2) is 0 Å². The topological polar surface area (TPSA) is 32.8 Å². The van der Waals surface area contributed by atoms with Crippen molar-refractivity contribution < 1.29 is 9.53 Å². The van der Waals surface area contributed by atoms with E-state index in [0.29, 0.717) is 6.61 Å². The average molecular weight is 350 g/mol. The van der Waals surface area contributed by atoms with Crippen LogP contribution in [0, 0.1) is 5.41 Å². The van der Waals surface area contributed by atoms with E-state index < -0.39 is 0 Å². The van der Waals surface area contributed by atoms with Crippen molar-refractivity contribution in [2.45, 2.75) is 12.8 Å². The summed E-state index contributed by atoms with van der Waals surface area (Å²) < 4.78 is 5.79. The number of rotatable bonds is 4. The number of ether oxygens (including phenoxy) is 1. The molecular weight excluding hydrogens is 324 g/mol. The molecule has 4 nitrogen and oxygen atoms in total. The molecule has 1 unspecified atom stereocenters. The fourth-order valence-electron chi connectivity index (χ4n) is 4.14. The van der Waals surface area contributed by atoms with E-state index in [1.807, 2.05) is 35.2 Å². The highest BCUT2D eigenvalue weighted by Gasteiger charge is 2.42. The highest BCUT2D eigenvalue weighted by atomic mass is 16.5. The molecule has 1 amide bonds. The van der Waals surface area contributed by atoms with Gasteiger partial charge in [-0.1, -0.05) is 48.5 Å². The predicted molar refractivity (Wildman–Crippen MR) is 103 cm³/mol. The van der Waals surface area contributed by atoms with Gasteiger partial charge in [0.05, 0.1) is 6.61 Å². The van der Waals surface area contributed by atoms with Gasteiger partial charge < -0.3 is 14.5 Å². The van der Waals surface area contributed by atoms with Gasteiger partial charge in [-0.05, 0) is 37.1 Å². The highest BCUT2D eigenvalue weighted by molar-refractivity contribution is 5.94. The van der Waals surface area contributed by atoms with Crippen LogP contribution in [-0.2, 0) is 16.0 Å². The molecule has 1 spiro atoms. The maximum atomic E-state index is 12.5. The molecule has 4 heteroatoms. The van der Waals surface area contributed by atoms with Crippen LogP contribution in [-0.4, -0.2) is 50.2 Å². The van der Waals surface area contributed by atoms with Crippen LogP contribution in [0.5, 0.6) is 0 Å². The molecule has 2 aromatic rings. The smallest absolute Gasteiger partial charge is 0.252 e. The van der Waals surface area contributed by atoms with Crippen LogP contribution in [0.25, 0.3) is 0 Å². The van der Waals surface area contributed by atoms with Crippen LogP contribution in [0.1, 0.15) is 12.0 Å². The zero-order chi connectivity index (χ0) is 17.8. The number of hydrogen-bond acceptors (Lipinski definition) is 3. The molecule has 2 aliphatic rings. The molecule has 2 aromatic carbocycles. The van der Waals surface area contributed by atoms with Crippen LogP contribution in [0.15, 0.2) is 60.7 Å². The first kappa shape index (κ1) is 17.3. The van der Waals surface area contributed by atoms with E-state index in [0.717, 1.165) is 44.7 Å². The van der Waals surface area contributed by atoms with Gasteiger partial charge in [0, 0.05) is 30.7 Å². The summed E-state index contributed by atoms with van der Waals surface area (Å²) >= 11 is 0. The molecule has 2 fully saturated rings. The summed E-state index contributed by atoms with van der Waals surface area (Å²) in [5.41, 5.74) is 2.40. The number of nitrogens with zero attached hydrogens (tertiary/aromatic N) is 2. The lowest BCUT2D eigenvalue weighted by molar-refractivity contribution is -0.122. The molecule has 0 aromatic heterocycles. The number of anilines is 1. The number of benzene rings is 2. The molecule has 0 saturated carbocycles. The van der Waals surface area contributed by atoms with Crippen molar-refractivity contribution in [1.82, 2.24) is 4.90 Å². The molecule has 2 saturated heterocycles. The van der Waals surface area contributed by atoms with Gasteiger partial charge in [0.1, 0.15) is 6.61 Å². The Bertz CT molecular complexity index is 734. The third kappa shape index (κ3) is 3.81. The largest absolute Gasteiger partial charge is 0.371 e.